The van der Waals surface area contributed by atoms with Gasteiger partial charge in [-0.3, -0.25) is 4.79 Å². The molecule has 150 valence electrons. The predicted octanol–water partition coefficient (Wildman–Crippen LogP) is 3.20. The summed E-state index contributed by atoms with van der Waals surface area (Å²) in [6.45, 7) is 2.38. The highest BCUT2D eigenvalue weighted by Crippen LogP contribution is 2.32. The van der Waals surface area contributed by atoms with E-state index in [1.807, 2.05) is 6.92 Å². The van der Waals surface area contributed by atoms with Crippen molar-refractivity contribution in [3.63, 3.8) is 0 Å². The van der Waals surface area contributed by atoms with Crippen molar-refractivity contribution in [3.8, 4) is 0 Å². The van der Waals surface area contributed by atoms with E-state index in [2.05, 4.69) is 15.6 Å². The minimum atomic E-state index is -4.66. The van der Waals surface area contributed by atoms with Crippen molar-refractivity contribution in [2.24, 2.45) is 10.7 Å². The number of hydrogen-bond acceptors (Lipinski definition) is 2. The van der Waals surface area contributed by atoms with Gasteiger partial charge in [-0.1, -0.05) is 18.2 Å². The molecule has 5 nitrogen and oxygen atoms in total. The molecule has 0 aliphatic rings. The maximum atomic E-state index is 13.2. The van der Waals surface area contributed by atoms with E-state index in [0.717, 1.165) is 17.7 Å². The van der Waals surface area contributed by atoms with Gasteiger partial charge in [-0.25, -0.2) is 9.38 Å². The number of nitrogens with one attached hydrogen (secondary N) is 2. The number of carbonyl (C=O) groups excluding carboxylic acids is 1. The SMILES string of the molecule is CCNC(=NCc1ccc(C(N)=O)cc1)NCc1ccc(F)cc1C(F)(F)F. The fourth-order valence-electron chi connectivity index (χ4n) is 2.43. The van der Waals surface area contributed by atoms with Gasteiger partial charge in [0.25, 0.3) is 0 Å². The lowest BCUT2D eigenvalue weighted by atomic mass is 10.1. The van der Waals surface area contributed by atoms with Crippen LogP contribution in [-0.4, -0.2) is 18.4 Å². The Hall–Kier alpha value is -3.10. The number of alkyl halides is 3. The number of primary amides is 1. The summed E-state index contributed by atoms with van der Waals surface area (Å²) in [5.41, 5.74) is 5.22. The first-order valence-electron chi connectivity index (χ1n) is 8.47. The third-order valence-electron chi connectivity index (χ3n) is 3.83. The summed E-state index contributed by atoms with van der Waals surface area (Å²) < 4.78 is 52.5. The van der Waals surface area contributed by atoms with Crippen molar-refractivity contribution in [2.45, 2.75) is 26.2 Å². The molecule has 0 bridgehead atoms. The van der Waals surface area contributed by atoms with Crippen LogP contribution in [0.4, 0.5) is 17.6 Å². The maximum Gasteiger partial charge on any atom is 0.416 e. The van der Waals surface area contributed by atoms with Crippen molar-refractivity contribution in [2.75, 3.05) is 6.54 Å². The molecule has 0 aromatic heterocycles. The number of amides is 1. The zero-order valence-electron chi connectivity index (χ0n) is 15.1. The van der Waals surface area contributed by atoms with Gasteiger partial charge in [-0.15, -0.1) is 0 Å². The van der Waals surface area contributed by atoms with Crippen LogP contribution in [0.1, 0.15) is 34.0 Å². The van der Waals surface area contributed by atoms with Gasteiger partial charge in [0, 0.05) is 18.7 Å². The summed E-state index contributed by atoms with van der Waals surface area (Å²) in [5.74, 6) is -1.18. The normalized spacial score (nSPS) is 12.0. The van der Waals surface area contributed by atoms with E-state index in [1.54, 1.807) is 24.3 Å². The summed E-state index contributed by atoms with van der Waals surface area (Å²) in [6, 6.07) is 9.07. The molecule has 0 saturated heterocycles. The van der Waals surface area contributed by atoms with Gasteiger partial charge in [-0.2, -0.15) is 13.2 Å². The zero-order valence-corrected chi connectivity index (χ0v) is 15.1. The number of nitrogens with zero attached hydrogens (tertiary/aromatic N) is 1. The van der Waals surface area contributed by atoms with Gasteiger partial charge in [-0.05, 0) is 42.3 Å². The van der Waals surface area contributed by atoms with Crippen LogP contribution >= 0.6 is 0 Å². The lowest BCUT2D eigenvalue weighted by molar-refractivity contribution is -0.138. The van der Waals surface area contributed by atoms with Crippen LogP contribution in [0.25, 0.3) is 0 Å². The molecule has 0 heterocycles. The molecule has 9 heteroatoms. The first kappa shape index (κ1) is 21.2. The van der Waals surface area contributed by atoms with Crippen molar-refractivity contribution in [1.82, 2.24) is 10.6 Å². The van der Waals surface area contributed by atoms with Crippen molar-refractivity contribution >= 4 is 11.9 Å². The topological polar surface area (TPSA) is 79.5 Å². The van der Waals surface area contributed by atoms with E-state index < -0.39 is 23.5 Å². The van der Waals surface area contributed by atoms with E-state index in [1.165, 1.54) is 0 Å². The second-order valence-corrected chi connectivity index (χ2v) is 5.91. The lowest BCUT2D eigenvalue weighted by Gasteiger charge is -2.16. The van der Waals surface area contributed by atoms with E-state index in [-0.39, 0.29) is 18.7 Å². The Morgan fingerprint density at radius 3 is 2.36 bits per heavy atom. The highest BCUT2D eigenvalue weighted by atomic mass is 19.4. The third-order valence-corrected chi connectivity index (χ3v) is 3.83. The molecule has 0 aliphatic heterocycles. The van der Waals surface area contributed by atoms with E-state index in [9.17, 15) is 22.4 Å². The molecule has 0 aliphatic carbocycles. The Morgan fingerprint density at radius 2 is 1.79 bits per heavy atom. The average Bonchev–Trinajstić information content (AvgIpc) is 2.64. The average molecular weight is 396 g/mol. The zero-order chi connectivity index (χ0) is 20.7. The van der Waals surface area contributed by atoms with Crippen molar-refractivity contribution in [1.29, 1.82) is 0 Å². The third kappa shape index (κ3) is 5.97. The molecule has 4 N–H and O–H groups in total. The molecule has 0 spiro atoms. The van der Waals surface area contributed by atoms with Crippen LogP contribution in [0.2, 0.25) is 0 Å². The molecule has 2 rings (SSSR count). The van der Waals surface area contributed by atoms with Crippen molar-refractivity contribution in [3.05, 3.63) is 70.5 Å². The summed E-state index contributed by atoms with van der Waals surface area (Å²) in [6.07, 6.45) is -4.66. The first-order valence-corrected chi connectivity index (χ1v) is 8.47. The Bertz CT molecular complexity index is 848. The van der Waals surface area contributed by atoms with E-state index in [0.29, 0.717) is 24.1 Å². The van der Waals surface area contributed by atoms with Gasteiger partial charge in [0.15, 0.2) is 5.96 Å². The molecule has 2 aromatic rings. The van der Waals surface area contributed by atoms with E-state index in [4.69, 9.17) is 5.73 Å². The summed E-state index contributed by atoms with van der Waals surface area (Å²) in [4.78, 5) is 15.4. The quantitative estimate of drug-likeness (QED) is 0.399. The summed E-state index contributed by atoms with van der Waals surface area (Å²) in [5, 5.41) is 5.74. The largest absolute Gasteiger partial charge is 0.416 e. The second kappa shape index (κ2) is 9.20. The van der Waals surface area contributed by atoms with Gasteiger partial charge in [0.05, 0.1) is 12.1 Å². The van der Waals surface area contributed by atoms with Crippen LogP contribution in [0.5, 0.6) is 0 Å². The number of halogens is 4. The van der Waals surface area contributed by atoms with Crippen LogP contribution in [-0.2, 0) is 19.3 Å². The van der Waals surface area contributed by atoms with Crippen LogP contribution in [0.15, 0.2) is 47.5 Å². The number of nitrogens with two attached hydrogens (primary N) is 1. The smallest absolute Gasteiger partial charge is 0.366 e. The fourth-order valence-corrected chi connectivity index (χ4v) is 2.43. The summed E-state index contributed by atoms with van der Waals surface area (Å²) >= 11 is 0. The number of guanidine groups is 1. The number of aliphatic imine (C=N–C) groups is 1. The lowest BCUT2D eigenvalue weighted by Crippen LogP contribution is -2.37. The monoisotopic (exact) mass is 396 g/mol. The molecule has 0 unspecified atom stereocenters. The molecule has 0 fully saturated rings. The molecule has 0 saturated carbocycles. The minimum absolute atomic E-state index is 0.0923. The molecular weight excluding hydrogens is 376 g/mol. The van der Waals surface area contributed by atoms with Crippen LogP contribution < -0.4 is 16.4 Å². The Balaban J connectivity index is 2.11. The maximum absolute atomic E-state index is 13.2. The van der Waals surface area contributed by atoms with Gasteiger partial charge < -0.3 is 16.4 Å². The number of rotatable bonds is 6. The standard InChI is InChI=1S/C19H20F4N4O/c1-2-25-18(26-10-12-3-5-13(6-4-12)17(24)28)27-11-14-7-8-15(20)9-16(14)19(21,22)23/h3-9H,2,10-11H2,1H3,(H2,24,28)(H2,25,26,27). The minimum Gasteiger partial charge on any atom is -0.366 e. The Labute approximate surface area is 159 Å². The predicted molar refractivity (Wildman–Crippen MR) is 98.0 cm³/mol. The molecule has 0 radical (unpaired) electrons. The number of hydrogen-bond donors (Lipinski definition) is 3. The molecule has 28 heavy (non-hydrogen) atoms. The fraction of sp³-hybridized carbons (Fsp3) is 0.263. The number of benzene rings is 2. The van der Waals surface area contributed by atoms with Gasteiger partial charge >= 0.3 is 6.18 Å². The Kier molecular flexibility index (Phi) is 6.97. The highest BCUT2D eigenvalue weighted by Gasteiger charge is 2.33. The van der Waals surface area contributed by atoms with Crippen LogP contribution in [0, 0.1) is 5.82 Å². The molecule has 2 aromatic carbocycles. The number of carbonyl (C=O) groups is 1. The summed E-state index contributed by atoms with van der Waals surface area (Å²) in [7, 11) is 0. The highest BCUT2D eigenvalue weighted by molar-refractivity contribution is 5.92. The Morgan fingerprint density at radius 1 is 1.11 bits per heavy atom. The van der Waals surface area contributed by atoms with Crippen molar-refractivity contribution < 1.29 is 22.4 Å². The van der Waals surface area contributed by atoms with Gasteiger partial charge in [0.1, 0.15) is 5.82 Å². The van der Waals surface area contributed by atoms with Gasteiger partial charge in [0.2, 0.25) is 5.91 Å². The molecule has 1 amide bonds. The second-order valence-electron chi connectivity index (χ2n) is 5.91. The van der Waals surface area contributed by atoms with Crippen LogP contribution in [0.3, 0.4) is 0 Å². The van der Waals surface area contributed by atoms with E-state index >= 15 is 0 Å². The first-order chi connectivity index (χ1) is 13.2. The molecular formula is C19H20F4N4O. The molecule has 0 atom stereocenters.